The fourth-order valence-corrected chi connectivity index (χ4v) is 3.43. The Hall–Kier alpha value is -2.87. The number of aryl methyl sites for hydroxylation is 2. The lowest BCUT2D eigenvalue weighted by atomic mass is 9.86. The van der Waals surface area contributed by atoms with Gasteiger partial charge in [-0.1, -0.05) is 105 Å². The van der Waals surface area contributed by atoms with Crippen LogP contribution in [0.1, 0.15) is 61.1 Å². The molecule has 0 saturated heterocycles. The molecule has 0 heterocycles. The minimum atomic E-state index is -0.132. The van der Waals surface area contributed by atoms with Crippen LogP contribution in [-0.4, -0.2) is 5.91 Å². The summed E-state index contributed by atoms with van der Waals surface area (Å²) in [4.78, 5) is 12.8. The summed E-state index contributed by atoms with van der Waals surface area (Å²) in [6.07, 6.45) is 1.22. The molecule has 0 radical (unpaired) electrons. The molecular formula is C27H31NO. The summed E-state index contributed by atoms with van der Waals surface area (Å²) in [6.45, 7) is 8.71. The quantitative estimate of drug-likeness (QED) is 0.543. The molecule has 0 unspecified atom stereocenters. The van der Waals surface area contributed by atoms with Crippen LogP contribution in [-0.2, 0) is 16.6 Å². The Morgan fingerprint density at radius 1 is 0.828 bits per heavy atom. The minimum Gasteiger partial charge on any atom is -0.345 e. The van der Waals surface area contributed by atoms with Crippen molar-refractivity contribution in [1.29, 1.82) is 0 Å². The van der Waals surface area contributed by atoms with Gasteiger partial charge < -0.3 is 5.32 Å². The van der Waals surface area contributed by atoms with Crippen molar-refractivity contribution in [1.82, 2.24) is 5.32 Å². The minimum absolute atomic E-state index is 0.0688. The second-order valence-electron chi connectivity index (χ2n) is 8.77. The van der Waals surface area contributed by atoms with E-state index in [2.05, 4.69) is 93.7 Å². The van der Waals surface area contributed by atoms with E-state index in [1.54, 1.807) is 0 Å². The van der Waals surface area contributed by atoms with E-state index < -0.39 is 0 Å². The molecule has 1 atom stereocenters. The molecule has 0 fully saturated rings. The van der Waals surface area contributed by atoms with Crippen LogP contribution in [0, 0.1) is 6.92 Å². The van der Waals surface area contributed by atoms with Gasteiger partial charge in [-0.15, -0.1) is 0 Å². The first-order valence-corrected chi connectivity index (χ1v) is 10.3. The maximum Gasteiger partial charge on any atom is 0.221 e. The van der Waals surface area contributed by atoms with Crippen LogP contribution < -0.4 is 5.32 Å². The van der Waals surface area contributed by atoms with E-state index >= 15 is 0 Å². The largest absolute Gasteiger partial charge is 0.345 e. The Morgan fingerprint density at radius 3 is 2.00 bits per heavy atom. The van der Waals surface area contributed by atoms with Gasteiger partial charge in [-0.3, -0.25) is 4.79 Å². The van der Waals surface area contributed by atoms with Crippen molar-refractivity contribution in [2.45, 2.75) is 52.0 Å². The van der Waals surface area contributed by atoms with Crippen molar-refractivity contribution in [3.63, 3.8) is 0 Å². The molecule has 1 N–H and O–H groups in total. The van der Waals surface area contributed by atoms with E-state index in [4.69, 9.17) is 0 Å². The monoisotopic (exact) mass is 385 g/mol. The number of hydrogen-bond donors (Lipinski definition) is 1. The van der Waals surface area contributed by atoms with Crippen LogP contribution in [0.15, 0.2) is 78.9 Å². The number of rotatable bonds is 6. The molecule has 2 heteroatoms. The zero-order chi connectivity index (χ0) is 20.9. The van der Waals surface area contributed by atoms with E-state index in [-0.39, 0.29) is 17.4 Å². The highest BCUT2D eigenvalue weighted by Crippen LogP contribution is 2.24. The van der Waals surface area contributed by atoms with Gasteiger partial charge >= 0.3 is 0 Å². The molecule has 1 amide bonds. The summed E-state index contributed by atoms with van der Waals surface area (Å²) in [7, 11) is 0. The highest BCUT2D eigenvalue weighted by molar-refractivity contribution is 5.77. The molecule has 29 heavy (non-hydrogen) atoms. The van der Waals surface area contributed by atoms with E-state index in [1.165, 1.54) is 16.7 Å². The van der Waals surface area contributed by atoms with E-state index in [9.17, 15) is 4.79 Å². The topological polar surface area (TPSA) is 29.1 Å². The lowest BCUT2D eigenvalue weighted by Gasteiger charge is -2.20. The smallest absolute Gasteiger partial charge is 0.221 e. The lowest BCUT2D eigenvalue weighted by Crippen LogP contribution is -2.29. The van der Waals surface area contributed by atoms with E-state index in [1.807, 2.05) is 18.2 Å². The summed E-state index contributed by atoms with van der Waals surface area (Å²) in [6, 6.07) is 27.0. The first-order valence-electron chi connectivity index (χ1n) is 10.3. The summed E-state index contributed by atoms with van der Waals surface area (Å²) in [5.41, 5.74) is 6.07. The third kappa shape index (κ3) is 5.80. The molecule has 3 aromatic carbocycles. The predicted molar refractivity (Wildman–Crippen MR) is 121 cm³/mol. The van der Waals surface area contributed by atoms with Gasteiger partial charge in [-0.05, 0) is 41.0 Å². The van der Waals surface area contributed by atoms with Gasteiger partial charge in [0.2, 0.25) is 5.91 Å². The Morgan fingerprint density at radius 2 is 1.41 bits per heavy atom. The highest BCUT2D eigenvalue weighted by atomic mass is 16.1. The Balaban J connectivity index is 1.68. The molecule has 0 spiro atoms. The third-order valence-corrected chi connectivity index (χ3v) is 5.31. The number of amides is 1. The van der Waals surface area contributed by atoms with Gasteiger partial charge in [0.05, 0.1) is 6.04 Å². The van der Waals surface area contributed by atoms with Gasteiger partial charge in [0.1, 0.15) is 0 Å². The zero-order valence-electron chi connectivity index (χ0n) is 17.9. The molecule has 3 aromatic rings. The number of carbonyl (C=O) groups is 1. The Bertz CT molecular complexity index is 919. The van der Waals surface area contributed by atoms with Gasteiger partial charge in [-0.25, -0.2) is 0 Å². The maximum absolute atomic E-state index is 12.8. The first-order chi connectivity index (χ1) is 13.8. The van der Waals surface area contributed by atoms with Crippen LogP contribution in [0.5, 0.6) is 0 Å². The second-order valence-corrected chi connectivity index (χ2v) is 8.77. The predicted octanol–water partition coefficient (Wildman–Crippen LogP) is 6.13. The van der Waals surface area contributed by atoms with Crippen molar-refractivity contribution in [3.05, 3.63) is 107 Å². The molecule has 0 saturated carbocycles. The Kier molecular flexibility index (Phi) is 6.53. The number of nitrogens with one attached hydrogen (secondary N) is 1. The fourth-order valence-electron chi connectivity index (χ4n) is 3.43. The van der Waals surface area contributed by atoms with Crippen LogP contribution in [0.4, 0.5) is 0 Å². The van der Waals surface area contributed by atoms with Crippen molar-refractivity contribution < 1.29 is 4.79 Å². The van der Waals surface area contributed by atoms with Gasteiger partial charge in [-0.2, -0.15) is 0 Å². The average molecular weight is 386 g/mol. The molecule has 0 aliphatic heterocycles. The average Bonchev–Trinajstić information content (AvgIpc) is 2.71. The van der Waals surface area contributed by atoms with Crippen LogP contribution in [0.2, 0.25) is 0 Å². The zero-order valence-corrected chi connectivity index (χ0v) is 17.9. The molecule has 0 aliphatic rings. The van der Waals surface area contributed by atoms with Crippen LogP contribution >= 0.6 is 0 Å². The second kappa shape index (κ2) is 9.09. The summed E-state index contributed by atoms with van der Waals surface area (Å²) in [5.74, 6) is 0.0688. The van der Waals surface area contributed by atoms with Crippen molar-refractivity contribution in [2.75, 3.05) is 0 Å². The van der Waals surface area contributed by atoms with Crippen LogP contribution in [0.25, 0.3) is 0 Å². The van der Waals surface area contributed by atoms with Crippen molar-refractivity contribution >= 4 is 5.91 Å². The van der Waals surface area contributed by atoms with Gasteiger partial charge in [0.15, 0.2) is 0 Å². The molecule has 0 bridgehead atoms. The summed E-state index contributed by atoms with van der Waals surface area (Å²) >= 11 is 0. The lowest BCUT2D eigenvalue weighted by molar-refractivity contribution is -0.121. The third-order valence-electron chi connectivity index (χ3n) is 5.31. The molecule has 150 valence electrons. The normalized spacial score (nSPS) is 12.4. The summed E-state index contributed by atoms with van der Waals surface area (Å²) < 4.78 is 0. The van der Waals surface area contributed by atoms with E-state index in [0.717, 1.165) is 17.5 Å². The Labute approximate surface area is 175 Å². The van der Waals surface area contributed by atoms with Gasteiger partial charge in [0.25, 0.3) is 0 Å². The molecular weight excluding hydrogens is 354 g/mol. The molecule has 2 nitrogen and oxygen atoms in total. The molecule has 0 aromatic heterocycles. The van der Waals surface area contributed by atoms with Crippen LogP contribution in [0.3, 0.4) is 0 Å². The van der Waals surface area contributed by atoms with E-state index in [0.29, 0.717) is 6.42 Å². The number of benzene rings is 3. The fraction of sp³-hybridized carbons (Fsp3) is 0.296. The number of carbonyl (C=O) groups excluding carboxylic acids is 1. The van der Waals surface area contributed by atoms with Crippen molar-refractivity contribution in [3.8, 4) is 0 Å². The van der Waals surface area contributed by atoms with Crippen molar-refractivity contribution in [2.24, 2.45) is 0 Å². The molecule has 0 aliphatic carbocycles. The summed E-state index contributed by atoms with van der Waals surface area (Å²) in [5, 5.41) is 3.24. The SMILES string of the molecule is Cc1ccc([C@H](NC(=O)CCc2ccc(C(C)(C)C)cc2)c2ccccc2)cc1. The maximum atomic E-state index is 12.8. The first kappa shape index (κ1) is 20.9. The highest BCUT2D eigenvalue weighted by Gasteiger charge is 2.17. The van der Waals surface area contributed by atoms with Gasteiger partial charge in [0, 0.05) is 6.42 Å². The molecule has 3 rings (SSSR count). The number of hydrogen-bond acceptors (Lipinski definition) is 1. The standard InChI is InChI=1S/C27H31NO/c1-20-10-15-23(16-11-20)26(22-8-6-5-7-9-22)28-25(29)19-14-21-12-17-24(18-13-21)27(2,3)4/h5-13,15-18,26H,14,19H2,1-4H3,(H,28,29)/t26-/m1/s1.